The maximum atomic E-state index is 10.8. The fraction of sp³-hybridized carbons (Fsp3) is 0.0769. The van der Waals surface area contributed by atoms with Crippen LogP contribution in [0.4, 0.5) is 5.69 Å². The van der Waals surface area contributed by atoms with E-state index in [0.717, 1.165) is 22.2 Å². The van der Waals surface area contributed by atoms with E-state index in [1.807, 2.05) is 6.07 Å². The third-order valence-corrected chi connectivity index (χ3v) is 3.17. The fourth-order valence-corrected chi connectivity index (χ4v) is 2.30. The van der Waals surface area contributed by atoms with Gasteiger partial charge in [-0.3, -0.25) is 15.2 Å². The summed E-state index contributed by atoms with van der Waals surface area (Å²) in [5.74, 6) is 0. The average molecular weight is 289 g/mol. The lowest BCUT2D eigenvalue weighted by Gasteiger charge is -2.03. The second kappa shape index (κ2) is 4.90. The Balaban J connectivity index is 2.02. The number of rotatable bonds is 3. The molecule has 6 nitrogen and oxygen atoms in total. The molecule has 100 valence electrons. The van der Waals surface area contributed by atoms with Crippen LogP contribution in [0, 0.1) is 10.1 Å². The van der Waals surface area contributed by atoms with E-state index in [0.29, 0.717) is 11.6 Å². The van der Waals surface area contributed by atoms with Crippen LogP contribution in [0.5, 0.6) is 0 Å². The number of H-pyrrole nitrogens is 1. The van der Waals surface area contributed by atoms with Crippen molar-refractivity contribution >= 4 is 28.2 Å². The Morgan fingerprint density at radius 2 is 2.20 bits per heavy atom. The van der Waals surface area contributed by atoms with Crippen LogP contribution in [-0.4, -0.2) is 20.1 Å². The summed E-state index contributed by atoms with van der Waals surface area (Å²) in [4.78, 5) is 14.6. The second-order valence-corrected chi connectivity index (χ2v) is 4.71. The van der Waals surface area contributed by atoms with Crippen LogP contribution < -0.4 is 0 Å². The highest BCUT2D eigenvalue weighted by Gasteiger charge is 2.10. The number of nitrogens with zero attached hydrogens (tertiary/aromatic N) is 3. The first-order chi connectivity index (χ1) is 9.63. The van der Waals surface area contributed by atoms with E-state index in [4.69, 9.17) is 11.6 Å². The first-order valence-electron chi connectivity index (χ1n) is 5.85. The molecule has 0 amide bonds. The predicted octanol–water partition coefficient (Wildman–Crippen LogP) is 3.11. The molecule has 3 aromatic rings. The van der Waals surface area contributed by atoms with Gasteiger partial charge < -0.3 is 0 Å². The highest BCUT2D eigenvalue weighted by molar-refractivity contribution is 6.30. The zero-order valence-corrected chi connectivity index (χ0v) is 11.0. The van der Waals surface area contributed by atoms with Gasteiger partial charge in [-0.05, 0) is 5.56 Å². The van der Waals surface area contributed by atoms with Crippen LogP contribution >= 0.6 is 11.6 Å². The van der Waals surface area contributed by atoms with E-state index in [9.17, 15) is 10.1 Å². The zero-order valence-electron chi connectivity index (χ0n) is 10.2. The number of aromatic amines is 1. The number of nitrogens with one attached hydrogen (secondary N) is 1. The summed E-state index contributed by atoms with van der Waals surface area (Å²) in [6, 6.07) is 8.17. The highest BCUT2D eigenvalue weighted by Crippen LogP contribution is 2.22. The van der Waals surface area contributed by atoms with E-state index in [-0.39, 0.29) is 5.69 Å². The van der Waals surface area contributed by atoms with Gasteiger partial charge in [-0.15, -0.1) is 0 Å². The third kappa shape index (κ3) is 2.33. The minimum atomic E-state index is -0.414. The van der Waals surface area contributed by atoms with Gasteiger partial charge in [-0.2, -0.15) is 5.10 Å². The maximum Gasteiger partial charge on any atom is 0.269 e. The largest absolute Gasteiger partial charge is 0.278 e. The van der Waals surface area contributed by atoms with Gasteiger partial charge in [0, 0.05) is 30.0 Å². The Kier molecular flexibility index (Phi) is 3.08. The van der Waals surface area contributed by atoms with Crippen LogP contribution in [0.1, 0.15) is 11.3 Å². The Morgan fingerprint density at radius 1 is 1.35 bits per heavy atom. The van der Waals surface area contributed by atoms with Gasteiger partial charge in [-0.25, -0.2) is 4.98 Å². The number of nitro benzene ring substituents is 1. The number of pyridine rings is 1. The number of non-ortho nitro benzene ring substituents is 1. The lowest BCUT2D eigenvalue weighted by Crippen LogP contribution is -1.95. The molecule has 0 unspecified atom stereocenters. The number of halogens is 1. The van der Waals surface area contributed by atoms with Crippen molar-refractivity contribution < 1.29 is 4.92 Å². The van der Waals surface area contributed by atoms with Crippen molar-refractivity contribution in [3.8, 4) is 0 Å². The molecule has 0 saturated carbocycles. The van der Waals surface area contributed by atoms with Crippen molar-refractivity contribution in [3.63, 3.8) is 0 Å². The summed E-state index contributed by atoms with van der Waals surface area (Å²) >= 11 is 5.96. The van der Waals surface area contributed by atoms with E-state index in [1.165, 1.54) is 12.1 Å². The number of hydrogen-bond donors (Lipinski definition) is 1. The molecule has 0 spiro atoms. The van der Waals surface area contributed by atoms with Crippen molar-refractivity contribution in [2.75, 3.05) is 0 Å². The first-order valence-corrected chi connectivity index (χ1v) is 6.23. The maximum absolute atomic E-state index is 10.8. The summed E-state index contributed by atoms with van der Waals surface area (Å²) in [5.41, 5.74) is 2.40. The smallest absolute Gasteiger partial charge is 0.269 e. The molecule has 1 N–H and O–H groups in total. The molecule has 2 aromatic heterocycles. The number of aromatic nitrogens is 3. The second-order valence-electron chi connectivity index (χ2n) is 4.33. The molecule has 0 saturated heterocycles. The molecule has 0 aliphatic heterocycles. The first kappa shape index (κ1) is 12.6. The van der Waals surface area contributed by atoms with E-state index < -0.39 is 4.92 Å². The summed E-state index contributed by atoms with van der Waals surface area (Å²) in [7, 11) is 0. The Hall–Kier alpha value is -2.47. The van der Waals surface area contributed by atoms with Crippen LogP contribution in [0.2, 0.25) is 5.15 Å². The lowest BCUT2D eigenvalue weighted by molar-refractivity contribution is -0.384. The lowest BCUT2D eigenvalue weighted by atomic mass is 10.1. The Bertz CT molecular complexity index is 800. The van der Waals surface area contributed by atoms with Crippen molar-refractivity contribution in [3.05, 3.63) is 63.1 Å². The van der Waals surface area contributed by atoms with Gasteiger partial charge in [0.2, 0.25) is 0 Å². The van der Waals surface area contributed by atoms with Crippen LogP contribution in [0.25, 0.3) is 10.9 Å². The molecule has 2 heterocycles. The van der Waals surface area contributed by atoms with Crippen LogP contribution in [0.3, 0.4) is 0 Å². The minimum absolute atomic E-state index is 0.0629. The standard InChI is InChI=1S/C13H9ClN4O2/c14-13-6-12-10(7-15-17-12)11(16-13)5-8-2-1-3-9(4-8)18(19)20/h1-4,6-7H,5H2,(H,15,17). The molecule has 20 heavy (non-hydrogen) atoms. The van der Waals surface area contributed by atoms with E-state index in [2.05, 4.69) is 15.2 Å². The molecule has 0 aliphatic carbocycles. The van der Waals surface area contributed by atoms with Crippen molar-refractivity contribution in [2.24, 2.45) is 0 Å². The van der Waals surface area contributed by atoms with E-state index >= 15 is 0 Å². The normalized spacial score (nSPS) is 10.8. The summed E-state index contributed by atoms with van der Waals surface area (Å²) < 4.78 is 0. The van der Waals surface area contributed by atoms with Crippen molar-refractivity contribution in [1.82, 2.24) is 15.2 Å². The predicted molar refractivity (Wildman–Crippen MR) is 74.8 cm³/mol. The molecule has 0 fully saturated rings. The average Bonchev–Trinajstić information content (AvgIpc) is 2.87. The van der Waals surface area contributed by atoms with Gasteiger partial charge in [0.1, 0.15) is 5.15 Å². The SMILES string of the molecule is O=[N+]([O-])c1cccc(Cc2nc(Cl)cc3[nH]ncc23)c1. The molecule has 0 radical (unpaired) electrons. The Morgan fingerprint density at radius 3 is 3.00 bits per heavy atom. The van der Waals surface area contributed by atoms with Gasteiger partial charge in [-0.1, -0.05) is 23.7 Å². The molecule has 0 bridgehead atoms. The molecule has 0 aliphatic rings. The number of hydrogen-bond acceptors (Lipinski definition) is 4. The molecule has 3 rings (SSSR count). The van der Waals surface area contributed by atoms with Gasteiger partial charge in [0.15, 0.2) is 0 Å². The molecular formula is C13H9ClN4O2. The molecule has 1 aromatic carbocycles. The monoisotopic (exact) mass is 288 g/mol. The highest BCUT2D eigenvalue weighted by atomic mass is 35.5. The topological polar surface area (TPSA) is 84.7 Å². The van der Waals surface area contributed by atoms with E-state index in [1.54, 1.807) is 18.3 Å². The number of benzene rings is 1. The van der Waals surface area contributed by atoms with Gasteiger partial charge in [0.25, 0.3) is 5.69 Å². The fourth-order valence-electron chi connectivity index (χ4n) is 2.08. The van der Waals surface area contributed by atoms with Crippen LogP contribution in [0.15, 0.2) is 36.5 Å². The van der Waals surface area contributed by atoms with Crippen LogP contribution in [-0.2, 0) is 6.42 Å². The number of fused-ring (bicyclic) bond motifs is 1. The van der Waals surface area contributed by atoms with Gasteiger partial charge in [0.05, 0.1) is 22.3 Å². The minimum Gasteiger partial charge on any atom is -0.278 e. The summed E-state index contributed by atoms with van der Waals surface area (Å²) in [5, 5.41) is 18.8. The summed E-state index contributed by atoms with van der Waals surface area (Å²) in [6.07, 6.45) is 2.13. The summed E-state index contributed by atoms with van der Waals surface area (Å²) in [6.45, 7) is 0. The Labute approximate surface area is 118 Å². The quantitative estimate of drug-likeness (QED) is 0.456. The molecule has 7 heteroatoms. The number of nitro groups is 1. The zero-order chi connectivity index (χ0) is 14.1. The molecular weight excluding hydrogens is 280 g/mol. The molecule has 0 atom stereocenters. The van der Waals surface area contributed by atoms with Crippen molar-refractivity contribution in [1.29, 1.82) is 0 Å². The van der Waals surface area contributed by atoms with Gasteiger partial charge >= 0.3 is 0 Å². The third-order valence-electron chi connectivity index (χ3n) is 2.98. The van der Waals surface area contributed by atoms with Crippen molar-refractivity contribution in [2.45, 2.75) is 6.42 Å².